The lowest BCUT2D eigenvalue weighted by Crippen LogP contribution is -2.08. The van der Waals surface area contributed by atoms with Gasteiger partial charge in [-0.1, -0.05) is 39.0 Å². The maximum atomic E-state index is 5.90. The Morgan fingerprint density at radius 1 is 1.05 bits per heavy atom. The van der Waals surface area contributed by atoms with Gasteiger partial charge in [-0.2, -0.15) is 0 Å². The van der Waals surface area contributed by atoms with E-state index in [-0.39, 0.29) is 0 Å². The fraction of sp³-hybridized carbons (Fsp3) is 0.647. The summed E-state index contributed by atoms with van der Waals surface area (Å²) in [5.41, 5.74) is 1.15. The van der Waals surface area contributed by atoms with Crippen molar-refractivity contribution >= 4 is 0 Å². The number of benzene rings is 1. The molecule has 0 fully saturated rings. The van der Waals surface area contributed by atoms with Gasteiger partial charge in [0.05, 0.1) is 13.7 Å². The molecule has 1 rings (SSSR count). The van der Waals surface area contributed by atoms with Crippen molar-refractivity contribution in [3.05, 3.63) is 23.8 Å². The Hall–Kier alpha value is -1.22. The van der Waals surface area contributed by atoms with Gasteiger partial charge in [0.1, 0.15) is 11.5 Å². The van der Waals surface area contributed by atoms with E-state index in [9.17, 15) is 0 Å². The van der Waals surface area contributed by atoms with E-state index in [2.05, 4.69) is 12.2 Å². The molecule has 3 nitrogen and oxygen atoms in total. The molecule has 0 aliphatic rings. The largest absolute Gasteiger partial charge is 0.497 e. The summed E-state index contributed by atoms with van der Waals surface area (Å²) in [6.45, 7) is 3.84. The Balaban J connectivity index is 2.35. The fourth-order valence-electron chi connectivity index (χ4n) is 2.22. The Morgan fingerprint density at radius 3 is 2.50 bits per heavy atom. The van der Waals surface area contributed by atoms with Gasteiger partial charge in [0.2, 0.25) is 0 Å². The molecular weight excluding hydrogens is 250 g/mol. The monoisotopic (exact) mass is 279 g/mol. The van der Waals surface area contributed by atoms with Gasteiger partial charge in [-0.25, -0.2) is 0 Å². The number of hydrogen-bond acceptors (Lipinski definition) is 3. The van der Waals surface area contributed by atoms with Gasteiger partial charge in [-0.05, 0) is 31.7 Å². The lowest BCUT2D eigenvalue weighted by molar-refractivity contribution is 0.300. The van der Waals surface area contributed by atoms with Crippen LogP contribution in [-0.4, -0.2) is 20.8 Å². The molecule has 0 bridgehead atoms. The second-order valence-electron chi connectivity index (χ2n) is 5.12. The predicted octanol–water partition coefficient (Wildman–Crippen LogP) is 4.15. The van der Waals surface area contributed by atoms with Crippen LogP contribution in [0.2, 0.25) is 0 Å². The highest BCUT2D eigenvalue weighted by molar-refractivity contribution is 5.40. The number of unbranched alkanes of at least 4 members (excludes halogenated alkanes) is 5. The number of nitrogens with one attached hydrogen (secondary N) is 1. The van der Waals surface area contributed by atoms with Gasteiger partial charge in [-0.3, -0.25) is 0 Å². The van der Waals surface area contributed by atoms with E-state index < -0.39 is 0 Å². The van der Waals surface area contributed by atoms with Crippen molar-refractivity contribution in [1.29, 1.82) is 0 Å². The van der Waals surface area contributed by atoms with Gasteiger partial charge in [0, 0.05) is 12.1 Å². The van der Waals surface area contributed by atoms with Crippen molar-refractivity contribution in [3.8, 4) is 11.5 Å². The molecule has 0 amide bonds. The summed E-state index contributed by atoms with van der Waals surface area (Å²) in [6, 6.07) is 5.99. The van der Waals surface area contributed by atoms with Crippen LogP contribution in [0.3, 0.4) is 0 Å². The van der Waals surface area contributed by atoms with Crippen LogP contribution in [0.25, 0.3) is 0 Å². The lowest BCUT2D eigenvalue weighted by atomic mass is 10.1. The van der Waals surface area contributed by atoms with E-state index in [0.29, 0.717) is 0 Å². The molecule has 0 aromatic heterocycles. The number of hydrogen-bond donors (Lipinski definition) is 1. The molecule has 20 heavy (non-hydrogen) atoms. The fourth-order valence-corrected chi connectivity index (χ4v) is 2.22. The zero-order chi connectivity index (χ0) is 14.6. The van der Waals surface area contributed by atoms with Gasteiger partial charge < -0.3 is 14.8 Å². The highest BCUT2D eigenvalue weighted by atomic mass is 16.5. The maximum Gasteiger partial charge on any atom is 0.124 e. The van der Waals surface area contributed by atoms with Gasteiger partial charge in [0.15, 0.2) is 0 Å². The first-order valence-electron chi connectivity index (χ1n) is 7.76. The molecule has 1 aromatic carbocycles. The van der Waals surface area contributed by atoms with Crippen molar-refractivity contribution in [3.63, 3.8) is 0 Å². The van der Waals surface area contributed by atoms with Crippen LogP contribution >= 0.6 is 0 Å². The minimum Gasteiger partial charge on any atom is -0.497 e. The Morgan fingerprint density at radius 2 is 1.80 bits per heavy atom. The quantitative estimate of drug-likeness (QED) is 0.617. The number of rotatable bonds is 11. The SMILES string of the molecule is CCCCCCCCOc1ccc(OC)cc1CNC. The molecule has 0 aliphatic heterocycles. The van der Waals surface area contributed by atoms with E-state index in [4.69, 9.17) is 9.47 Å². The lowest BCUT2D eigenvalue weighted by Gasteiger charge is -2.12. The van der Waals surface area contributed by atoms with Gasteiger partial charge in [-0.15, -0.1) is 0 Å². The first kappa shape index (κ1) is 16.8. The zero-order valence-electron chi connectivity index (χ0n) is 13.2. The van der Waals surface area contributed by atoms with E-state index in [1.807, 2.05) is 25.2 Å². The summed E-state index contributed by atoms with van der Waals surface area (Å²) in [4.78, 5) is 0. The van der Waals surface area contributed by atoms with Crippen LogP contribution in [0.15, 0.2) is 18.2 Å². The molecule has 114 valence electrons. The van der Waals surface area contributed by atoms with Gasteiger partial charge in [0.25, 0.3) is 0 Å². The summed E-state index contributed by atoms with van der Waals surface area (Å²) in [5, 5.41) is 3.16. The topological polar surface area (TPSA) is 30.5 Å². The zero-order valence-corrected chi connectivity index (χ0v) is 13.2. The second-order valence-corrected chi connectivity index (χ2v) is 5.12. The third-order valence-electron chi connectivity index (χ3n) is 3.39. The second kappa shape index (κ2) is 10.6. The standard InChI is InChI=1S/C17H29NO2/c1-4-5-6-7-8-9-12-20-17-11-10-16(19-3)13-15(17)14-18-2/h10-11,13,18H,4-9,12,14H2,1-3H3. The minimum atomic E-state index is 0.795. The molecule has 1 N–H and O–H groups in total. The predicted molar refractivity (Wildman–Crippen MR) is 84.6 cm³/mol. The third-order valence-corrected chi connectivity index (χ3v) is 3.39. The van der Waals surface area contributed by atoms with E-state index in [1.165, 1.54) is 32.1 Å². The molecule has 0 saturated heterocycles. The Labute approximate surface area is 123 Å². The minimum absolute atomic E-state index is 0.795. The molecule has 0 heterocycles. The number of ether oxygens (including phenoxy) is 2. The first-order chi connectivity index (χ1) is 9.81. The van der Waals surface area contributed by atoms with Crippen molar-refractivity contribution in [1.82, 2.24) is 5.32 Å². The summed E-state index contributed by atoms with van der Waals surface area (Å²) in [7, 11) is 3.63. The summed E-state index contributed by atoms with van der Waals surface area (Å²) in [5.74, 6) is 1.84. The summed E-state index contributed by atoms with van der Waals surface area (Å²) in [6.07, 6.45) is 7.72. The Kier molecular flexibility index (Phi) is 8.88. The molecule has 0 saturated carbocycles. The molecule has 0 spiro atoms. The molecular formula is C17H29NO2. The van der Waals surface area contributed by atoms with Crippen LogP contribution in [0.5, 0.6) is 11.5 Å². The Bertz CT molecular complexity index is 366. The van der Waals surface area contributed by atoms with Crippen LogP contribution in [-0.2, 0) is 6.54 Å². The number of methoxy groups -OCH3 is 1. The molecule has 3 heteroatoms. The van der Waals surface area contributed by atoms with E-state index in [0.717, 1.165) is 36.6 Å². The molecule has 0 radical (unpaired) electrons. The molecule has 0 unspecified atom stereocenters. The average Bonchev–Trinajstić information content (AvgIpc) is 2.47. The summed E-state index contributed by atoms with van der Waals surface area (Å²) >= 11 is 0. The summed E-state index contributed by atoms with van der Waals surface area (Å²) < 4.78 is 11.2. The first-order valence-corrected chi connectivity index (χ1v) is 7.76. The molecule has 0 aliphatic carbocycles. The average molecular weight is 279 g/mol. The van der Waals surface area contributed by atoms with E-state index in [1.54, 1.807) is 7.11 Å². The van der Waals surface area contributed by atoms with Gasteiger partial charge >= 0.3 is 0 Å². The third kappa shape index (κ3) is 6.29. The van der Waals surface area contributed by atoms with Crippen LogP contribution < -0.4 is 14.8 Å². The highest BCUT2D eigenvalue weighted by Gasteiger charge is 2.05. The highest BCUT2D eigenvalue weighted by Crippen LogP contribution is 2.24. The van der Waals surface area contributed by atoms with Crippen LogP contribution in [0.4, 0.5) is 0 Å². The molecule has 0 atom stereocenters. The maximum absolute atomic E-state index is 5.90. The van der Waals surface area contributed by atoms with Crippen molar-refractivity contribution in [2.24, 2.45) is 0 Å². The van der Waals surface area contributed by atoms with Crippen molar-refractivity contribution in [2.75, 3.05) is 20.8 Å². The van der Waals surface area contributed by atoms with Crippen LogP contribution in [0.1, 0.15) is 51.0 Å². The molecule has 1 aromatic rings. The normalized spacial score (nSPS) is 10.6. The smallest absolute Gasteiger partial charge is 0.124 e. The van der Waals surface area contributed by atoms with Crippen molar-refractivity contribution in [2.45, 2.75) is 52.0 Å². The van der Waals surface area contributed by atoms with E-state index >= 15 is 0 Å². The van der Waals surface area contributed by atoms with Crippen LogP contribution in [0, 0.1) is 0 Å². The van der Waals surface area contributed by atoms with Crippen molar-refractivity contribution < 1.29 is 9.47 Å².